The van der Waals surface area contributed by atoms with Crippen LogP contribution in [0.5, 0.6) is 0 Å². The van der Waals surface area contributed by atoms with Gasteiger partial charge in [-0.25, -0.2) is 4.98 Å². The number of benzene rings is 2. The highest BCUT2D eigenvalue weighted by molar-refractivity contribution is 7.22. The van der Waals surface area contributed by atoms with Crippen molar-refractivity contribution in [1.82, 2.24) is 4.98 Å². The molecule has 2 N–H and O–H groups in total. The highest BCUT2D eigenvalue weighted by Crippen LogP contribution is 2.31. The van der Waals surface area contributed by atoms with Gasteiger partial charge in [-0.3, -0.25) is 14.4 Å². The molecule has 3 aromatic rings. The Hall–Kier alpha value is -2.97. The number of fused-ring (bicyclic) bond motifs is 1. The van der Waals surface area contributed by atoms with Crippen LogP contribution in [0, 0.1) is 5.92 Å². The molecule has 1 saturated heterocycles. The highest BCUT2D eigenvalue weighted by Gasteiger charge is 2.35. The number of rotatable bonds is 4. The van der Waals surface area contributed by atoms with E-state index in [1.165, 1.54) is 18.3 Å². The lowest BCUT2D eigenvalue weighted by molar-refractivity contribution is -0.122. The summed E-state index contributed by atoms with van der Waals surface area (Å²) in [6, 6.07) is 12.4. The number of nitrogens with zero attached hydrogens (tertiary/aromatic N) is 2. The van der Waals surface area contributed by atoms with Gasteiger partial charge >= 0.3 is 0 Å². The van der Waals surface area contributed by atoms with E-state index in [0.717, 1.165) is 10.2 Å². The molecule has 1 atom stereocenters. The Kier molecular flexibility index (Phi) is 5.21. The van der Waals surface area contributed by atoms with Crippen molar-refractivity contribution in [3.63, 3.8) is 0 Å². The highest BCUT2D eigenvalue weighted by atomic mass is 35.5. The maximum absolute atomic E-state index is 12.7. The van der Waals surface area contributed by atoms with Crippen LogP contribution in [0.1, 0.15) is 13.3 Å². The van der Waals surface area contributed by atoms with E-state index in [0.29, 0.717) is 28.1 Å². The number of anilines is 3. The molecular weight excluding hydrogens is 412 g/mol. The van der Waals surface area contributed by atoms with Crippen molar-refractivity contribution in [2.24, 2.45) is 5.92 Å². The molecule has 1 fully saturated rings. The van der Waals surface area contributed by atoms with Crippen molar-refractivity contribution in [3.8, 4) is 0 Å². The lowest BCUT2D eigenvalue weighted by atomic mass is 10.1. The Bertz CT molecular complexity index is 1130. The van der Waals surface area contributed by atoms with Gasteiger partial charge in [0.1, 0.15) is 0 Å². The molecule has 148 valence electrons. The van der Waals surface area contributed by atoms with Gasteiger partial charge in [-0.05, 0) is 36.4 Å². The van der Waals surface area contributed by atoms with Gasteiger partial charge in [-0.2, -0.15) is 0 Å². The van der Waals surface area contributed by atoms with Crippen molar-refractivity contribution >= 4 is 67.4 Å². The normalized spacial score (nSPS) is 16.3. The fourth-order valence-electron chi connectivity index (χ4n) is 3.24. The minimum absolute atomic E-state index is 0.114. The number of thiazole rings is 1. The number of halogens is 1. The van der Waals surface area contributed by atoms with Crippen LogP contribution >= 0.6 is 22.9 Å². The summed E-state index contributed by atoms with van der Waals surface area (Å²) in [4.78, 5) is 42.3. The summed E-state index contributed by atoms with van der Waals surface area (Å²) in [6.45, 7) is 1.74. The van der Waals surface area contributed by atoms with Crippen LogP contribution in [0.25, 0.3) is 10.2 Å². The monoisotopic (exact) mass is 428 g/mol. The van der Waals surface area contributed by atoms with Gasteiger partial charge in [0.2, 0.25) is 17.7 Å². The van der Waals surface area contributed by atoms with Crippen LogP contribution in [0.3, 0.4) is 0 Å². The van der Waals surface area contributed by atoms with E-state index in [2.05, 4.69) is 15.6 Å². The largest absolute Gasteiger partial charge is 0.326 e. The number of aromatic nitrogens is 1. The smallest absolute Gasteiger partial charge is 0.231 e. The molecule has 7 nitrogen and oxygen atoms in total. The van der Waals surface area contributed by atoms with Crippen molar-refractivity contribution < 1.29 is 14.4 Å². The SMILES string of the molecule is CC(=O)Nc1ccc2nc(NC(=O)C3CC(=O)N(c4cccc(Cl)c4)C3)sc2c1. The lowest BCUT2D eigenvalue weighted by Gasteiger charge is -2.16. The van der Waals surface area contributed by atoms with Gasteiger partial charge < -0.3 is 15.5 Å². The van der Waals surface area contributed by atoms with Crippen LogP contribution in [0.2, 0.25) is 5.02 Å². The lowest BCUT2D eigenvalue weighted by Crippen LogP contribution is -2.28. The molecule has 0 saturated carbocycles. The zero-order chi connectivity index (χ0) is 20.5. The van der Waals surface area contributed by atoms with Crippen molar-refractivity contribution in [3.05, 3.63) is 47.5 Å². The van der Waals surface area contributed by atoms with Crippen molar-refractivity contribution in [2.75, 3.05) is 22.1 Å². The number of carbonyl (C=O) groups excluding carboxylic acids is 3. The summed E-state index contributed by atoms with van der Waals surface area (Å²) < 4.78 is 0.842. The van der Waals surface area contributed by atoms with Crippen LogP contribution in [-0.4, -0.2) is 29.3 Å². The summed E-state index contributed by atoms with van der Waals surface area (Å²) in [7, 11) is 0. The molecule has 1 aliphatic heterocycles. The molecule has 2 heterocycles. The molecule has 0 aliphatic carbocycles. The van der Waals surface area contributed by atoms with Gasteiger partial charge in [-0.15, -0.1) is 0 Å². The first kappa shape index (κ1) is 19.4. The molecule has 4 rings (SSSR count). The molecule has 29 heavy (non-hydrogen) atoms. The second-order valence-corrected chi connectivity index (χ2v) is 8.22. The molecule has 0 radical (unpaired) electrons. The second kappa shape index (κ2) is 7.81. The van der Waals surface area contributed by atoms with E-state index in [1.54, 1.807) is 41.3 Å². The van der Waals surface area contributed by atoms with E-state index < -0.39 is 5.92 Å². The average Bonchev–Trinajstić information content (AvgIpc) is 3.23. The third-order valence-electron chi connectivity index (χ3n) is 4.55. The predicted octanol–water partition coefficient (Wildman–Crippen LogP) is 3.90. The van der Waals surface area contributed by atoms with Gasteiger partial charge in [0.25, 0.3) is 0 Å². The van der Waals surface area contributed by atoms with Crippen LogP contribution in [0.15, 0.2) is 42.5 Å². The molecule has 0 bridgehead atoms. The van der Waals surface area contributed by atoms with E-state index >= 15 is 0 Å². The molecule has 1 aromatic heterocycles. The van der Waals surface area contributed by atoms with Crippen LogP contribution in [0.4, 0.5) is 16.5 Å². The third-order valence-corrected chi connectivity index (χ3v) is 5.72. The number of amides is 3. The van der Waals surface area contributed by atoms with E-state index in [9.17, 15) is 14.4 Å². The van der Waals surface area contributed by atoms with E-state index in [4.69, 9.17) is 11.6 Å². The quantitative estimate of drug-likeness (QED) is 0.659. The average molecular weight is 429 g/mol. The molecule has 3 amide bonds. The number of nitrogens with one attached hydrogen (secondary N) is 2. The number of hydrogen-bond donors (Lipinski definition) is 2. The summed E-state index contributed by atoms with van der Waals surface area (Å²) in [5, 5.41) is 6.53. The molecular formula is C20H17ClN4O3S. The predicted molar refractivity (Wildman–Crippen MR) is 114 cm³/mol. The Morgan fingerprint density at radius 3 is 2.79 bits per heavy atom. The second-order valence-electron chi connectivity index (χ2n) is 6.76. The molecule has 2 aromatic carbocycles. The summed E-state index contributed by atoms with van der Waals surface area (Å²) >= 11 is 7.32. The van der Waals surface area contributed by atoms with E-state index in [1.807, 2.05) is 6.07 Å². The third kappa shape index (κ3) is 4.23. The summed E-state index contributed by atoms with van der Waals surface area (Å²) in [5.41, 5.74) is 2.08. The van der Waals surface area contributed by atoms with Gasteiger partial charge in [0.15, 0.2) is 5.13 Å². The molecule has 0 spiro atoms. The summed E-state index contributed by atoms with van der Waals surface area (Å²) in [5.74, 6) is -0.985. The first-order valence-electron chi connectivity index (χ1n) is 8.94. The first-order valence-corrected chi connectivity index (χ1v) is 10.1. The number of carbonyl (C=O) groups is 3. The van der Waals surface area contributed by atoms with Crippen molar-refractivity contribution in [2.45, 2.75) is 13.3 Å². The van der Waals surface area contributed by atoms with Crippen LogP contribution < -0.4 is 15.5 Å². The van der Waals surface area contributed by atoms with Gasteiger partial charge in [0.05, 0.1) is 16.1 Å². The Morgan fingerprint density at radius 1 is 1.21 bits per heavy atom. The first-order chi connectivity index (χ1) is 13.9. The van der Waals surface area contributed by atoms with Gasteiger partial charge in [0, 0.05) is 36.3 Å². The Balaban J connectivity index is 1.46. The summed E-state index contributed by atoms with van der Waals surface area (Å²) in [6.07, 6.45) is 0.135. The zero-order valence-electron chi connectivity index (χ0n) is 15.4. The number of hydrogen-bond acceptors (Lipinski definition) is 5. The van der Waals surface area contributed by atoms with E-state index in [-0.39, 0.29) is 24.1 Å². The fourth-order valence-corrected chi connectivity index (χ4v) is 4.34. The molecule has 1 aliphatic rings. The van der Waals surface area contributed by atoms with Gasteiger partial charge in [-0.1, -0.05) is 29.0 Å². The topological polar surface area (TPSA) is 91.4 Å². The minimum atomic E-state index is -0.469. The zero-order valence-corrected chi connectivity index (χ0v) is 17.0. The maximum Gasteiger partial charge on any atom is 0.231 e. The van der Waals surface area contributed by atoms with Crippen molar-refractivity contribution in [1.29, 1.82) is 0 Å². The minimum Gasteiger partial charge on any atom is -0.326 e. The molecule has 9 heteroatoms. The standard InChI is InChI=1S/C20H17ClN4O3S/c1-11(26)22-14-5-6-16-17(9-14)29-20(23-16)24-19(28)12-7-18(27)25(10-12)15-4-2-3-13(21)8-15/h2-6,8-9,12H,7,10H2,1H3,(H,22,26)(H,23,24,28). The van der Waals surface area contributed by atoms with Crippen LogP contribution in [-0.2, 0) is 14.4 Å². The molecule has 1 unspecified atom stereocenters. The Morgan fingerprint density at radius 2 is 2.03 bits per heavy atom. The Labute approximate surface area is 175 Å². The maximum atomic E-state index is 12.7. The fraction of sp³-hybridized carbons (Fsp3) is 0.200.